The first-order valence-electron chi connectivity index (χ1n) is 9.89. The van der Waals surface area contributed by atoms with E-state index >= 15 is 0 Å². The first-order valence-corrected chi connectivity index (χ1v) is 9.89. The fourth-order valence-electron chi connectivity index (χ4n) is 3.63. The highest BCUT2D eigenvalue weighted by Crippen LogP contribution is 2.27. The van der Waals surface area contributed by atoms with Gasteiger partial charge in [0.05, 0.1) is 11.4 Å². The summed E-state index contributed by atoms with van der Waals surface area (Å²) in [5.74, 6) is 0.431. The number of carbonyl (C=O) groups excluding carboxylic acids is 1. The van der Waals surface area contributed by atoms with Crippen molar-refractivity contribution in [3.05, 3.63) is 71.3 Å². The van der Waals surface area contributed by atoms with Crippen molar-refractivity contribution in [2.24, 2.45) is 5.92 Å². The zero-order valence-corrected chi connectivity index (χ0v) is 17.0. The minimum absolute atomic E-state index is 0.222. The van der Waals surface area contributed by atoms with Gasteiger partial charge in [-0.2, -0.15) is 0 Å². The number of halogens is 1. The fraction of sp³-hybridized carbons (Fsp3) is 0.261. The van der Waals surface area contributed by atoms with Crippen LogP contribution in [-0.4, -0.2) is 34.0 Å². The van der Waals surface area contributed by atoms with Gasteiger partial charge in [0.25, 0.3) is 0 Å². The molecule has 4 rings (SSSR count). The number of hydrogen-bond acceptors (Lipinski definition) is 4. The van der Waals surface area contributed by atoms with E-state index in [1.807, 2.05) is 26.1 Å². The van der Waals surface area contributed by atoms with Gasteiger partial charge >= 0.3 is 6.03 Å². The van der Waals surface area contributed by atoms with Crippen LogP contribution in [0.25, 0.3) is 11.3 Å². The zero-order valence-electron chi connectivity index (χ0n) is 17.0. The van der Waals surface area contributed by atoms with E-state index in [0.29, 0.717) is 36.2 Å². The van der Waals surface area contributed by atoms with E-state index in [1.54, 1.807) is 23.1 Å². The van der Waals surface area contributed by atoms with E-state index in [9.17, 15) is 9.18 Å². The normalized spacial score (nSPS) is 13.8. The molecule has 1 aliphatic rings. The van der Waals surface area contributed by atoms with Crippen LogP contribution < -0.4 is 11.1 Å². The number of urea groups is 1. The van der Waals surface area contributed by atoms with Gasteiger partial charge in [-0.15, -0.1) is 0 Å². The summed E-state index contributed by atoms with van der Waals surface area (Å²) in [5, 5.41) is 2.81. The number of pyridine rings is 2. The average Bonchev–Trinajstić information content (AvgIpc) is 2.67. The second-order valence-corrected chi connectivity index (χ2v) is 7.81. The van der Waals surface area contributed by atoms with Gasteiger partial charge in [-0.25, -0.2) is 14.2 Å². The van der Waals surface area contributed by atoms with Gasteiger partial charge in [-0.3, -0.25) is 10.3 Å². The quantitative estimate of drug-likeness (QED) is 0.682. The number of aromatic nitrogens is 2. The lowest BCUT2D eigenvalue weighted by molar-refractivity contribution is 0.131. The number of anilines is 2. The van der Waals surface area contributed by atoms with Crippen molar-refractivity contribution in [1.82, 2.24) is 14.9 Å². The number of nitrogens with two attached hydrogens (primary N) is 1. The third kappa shape index (κ3) is 4.25. The standard InChI is InChI=1S/C23H24FN5O/c1-14-9-18(24)5-6-19(14)21-8-7-20(25)22(27-21)28-23(30)29-12-17(13-29)10-16-4-3-15(2)26-11-16/h3-9,11,17H,10,12-13,25H2,1-2H3,(H,27,28,30). The number of nitrogen functional groups attached to an aromatic ring is 1. The molecule has 0 bridgehead atoms. The first-order chi connectivity index (χ1) is 14.4. The third-order valence-corrected chi connectivity index (χ3v) is 5.36. The number of aryl methyl sites for hydroxylation is 2. The average molecular weight is 405 g/mol. The summed E-state index contributed by atoms with van der Waals surface area (Å²) in [6.07, 6.45) is 2.79. The Morgan fingerprint density at radius 3 is 2.70 bits per heavy atom. The second-order valence-electron chi connectivity index (χ2n) is 7.81. The Kier molecular flexibility index (Phi) is 5.35. The van der Waals surface area contributed by atoms with Crippen molar-refractivity contribution in [3.63, 3.8) is 0 Å². The molecule has 6 nitrogen and oxygen atoms in total. The predicted octanol–water partition coefficient (Wildman–Crippen LogP) is 4.19. The Balaban J connectivity index is 1.39. The van der Waals surface area contributed by atoms with Crippen molar-refractivity contribution in [2.45, 2.75) is 20.3 Å². The van der Waals surface area contributed by atoms with E-state index in [-0.39, 0.29) is 11.8 Å². The minimum Gasteiger partial charge on any atom is -0.396 e. The highest BCUT2D eigenvalue weighted by Gasteiger charge is 2.31. The number of nitrogens with one attached hydrogen (secondary N) is 1. The lowest BCUT2D eigenvalue weighted by Gasteiger charge is -2.39. The molecule has 3 aromatic rings. The molecular formula is C23H24FN5O. The van der Waals surface area contributed by atoms with E-state index in [4.69, 9.17) is 5.73 Å². The molecule has 2 aromatic heterocycles. The minimum atomic E-state index is -0.297. The fourth-order valence-corrected chi connectivity index (χ4v) is 3.63. The van der Waals surface area contributed by atoms with Crippen LogP contribution >= 0.6 is 0 Å². The van der Waals surface area contributed by atoms with Crippen LogP contribution in [0.5, 0.6) is 0 Å². The van der Waals surface area contributed by atoms with Crippen LogP contribution in [0, 0.1) is 25.6 Å². The Labute approximate surface area is 175 Å². The number of carbonyl (C=O) groups is 1. The summed E-state index contributed by atoms with van der Waals surface area (Å²) in [4.78, 5) is 23.2. The van der Waals surface area contributed by atoms with Crippen molar-refractivity contribution in [2.75, 3.05) is 24.1 Å². The van der Waals surface area contributed by atoms with Crippen molar-refractivity contribution >= 4 is 17.5 Å². The predicted molar refractivity (Wildman–Crippen MR) is 116 cm³/mol. The van der Waals surface area contributed by atoms with Crippen LogP contribution in [0.1, 0.15) is 16.8 Å². The Hall–Kier alpha value is -3.48. The summed E-state index contributed by atoms with van der Waals surface area (Å²) in [7, 11) is 0. The van der Waals surface area contributed by atoms with Gasteiger partial charge in [-0.1, -0.05) is 6.07 Å². The molecule has 30 heavy (non-hydrogen) atoms. The van der Waals surface area contributed by atoms with E-state index in [0.717, 1.165) is 23.2 Å². The van der Waals surface area contributed by atoms with Gasteiger partial charge in [0.2, 0.25) is 0 Å². The van der Waals surface area contributed by atoms with Crippen LogP contribution in [0.2, 0.25) is 0 Å². The van der Waals surface area contributed by atoms with Crippen LogP contribution in [0.15, 0.2) is 48.7 Å². The molecule has 1 fully saturated rings. The van der Waals surface area contributed by atoms with Gasteiger partial charge in [0.1, 0.15) is 5.82 Å². The molecule has 1 saturated heterocycles. The monoisotopic (exact) mass is 405 g/mol. The van der Waals surface area contributed by atoms with Crippen molar-refractivity contribution < 1.29 is 9.18 Å². The molecular weight excluding hydrogens is 381 g/mol. The maximum Gasteiger partial charge on any atom is 0.323 e. The molecule has 1 aromatic carbocycles. The highest BCUT2D eigenvalue weighted by molar-refractivity contribution is 5.92. The topological polar surface area (TPSA) is 84.1 Å². The summed E-state index contributed by atoms with van der Waals surface area (Å²) >= 11 is 0. The molecule has 0 aliphatic carbocycles. The summed E-state index contributed by atoms with van der Waals surface area (Å²) in [6.45, 7) is 5.14. The second kappa shape index (κ2) is 8.10. The summed E-state index contributed by atoms with van der Waals surface area (Å²) < 4.78 is 13.4. The molecule has 7 heteroatoms. The molecule has 3 N–H and O–H groups in total. The molecule has 0 radical (unpaired) electrons. The lowest BCUT2D eigenvalue weighted by Crippen LogP contribution is -2.52. The Bertz CT molecular complexity index is 1080. The molecule has 0 spiro atoms. The van der Waals surface area contributed by atoms with Gasteiger partial charge < -0.3 is 10.6 Å². The van der Waals surface area contributed by atoms with Crippen molar-refractivity contribution in [3.8, 4) is 11.3 Å². The largest absolute Gasteiger partial charge is 0.396 e. The third-order valence-electron chi connectivity index (χ3n) is 5.36. The number of amides is 2. The Morgan fingerprint density at radius 2 is 2.00 bits per heavy atom. The molecule has 1 aliphatic heterocycles. The number of nitrogens with zero attached hydrogens (tertiary/aromatic N) is 3. The van der Waals surface area contributed by atoms with Crippen molar-refractivity contribution in [1.29, 1.82) is 0 Å². The number of rotatable bonds is 4. The zero-order chi connectivity index (χ0) is 21.3. The molecule has 3 heterocycles. The maximum atomic E-state index is 13.4. The molecule has 0 atom stereocenters. The maximum absolute atomic E-state index is 13.4. The first kappa shape index (κ1) is 19.8. The lowest BCUT2D eigenvalue weighted by atomic mass is 9.93. The molecule has 2 amide bonds. The Morgan fingerprint density at radius 1 is 1.20 bits per heavy atom. The molecule has 0 unspecified atom stereocenters. The van der Waals surface area contributed by atoms with E-state index in [2.05, 4.69) is 21.4 Å². The van der Waals surface area contributed by atoms with Crippen LogP contribution in [-0.2, 0) is 6.42 Å². The molecule has 154 valence electrons. The van der Waals surface area contributed by atoms with Gasteiger partial charge in [-0.05, 0) is 73.7 Å². The van der Waals surface area contributed by atoms with E-state index < -0.39 is 0 Å². The summed E-state index contributed by atoms with van der Waals surface area (Å²) in [5.41, 5.74) is 10.8. The van der Waals surface area contributed by atoms with E-state index in [1.165, 1.54) is 17.7 Å². The number of likely N-dealkylation sites (tertiary alicyclic amines) is 1. The van der Waals surface area contributed by atoms with Gasteiger partial charge in [0.15, 0.2) is 5.82 Å². The molecule has 0 saturated carbocycles. The smallest absolute Gasteiger partial charge is 0.323 e. The summed E-state index contributed by atoms with van der Waals surface area (Å²) in [6, 6.07) is 11.8. The highest BCUT2D eigenvalue weighted by atomic mass is 19.1. The SMILES string of the molecule is Cc1ccc(CC2CN(C(=O)Nc3nc(-c4ccc(F)cc4C)ccc3N)C2)cn1. The van der Waals surface area contributed by atoms with Gasteiger partial charge in [0, 0.05) is 30.5 Å². The number of hydrogen-bond donors (Lipinski definition) is 2. The van der Waals surface area contributed by atoms with Crippen LogP contribution in [0.4, 0.5) is 20.7 Å². The number of benzene rings is 1. The van der Waals surface area contributed by atoms with Crippen LogP contribution in [0.3, 0.4) is 0 Å².